The van der Waals surface area contributed by atoms with Gasteiger partial charge in [-0.3, -0.25) is 9.88 Å². The molecule has 1 aromatic rings. The standard InChI is InChI=1S/C15H25N3/c1-12-10-18(11-13-7-5-6-8-16-13)14(9-17-12)15(2,3)4/h5-8,12,14,17H,9-11H2,1-4H3. The summed E-state index contributed by atoms with van der Waals surface area (Å²) in [6.45, 7) is 12.3. The first-order valence-corrected chi connectivity index (χ1v) is 6.84. The van der Waals surface area contributed by atoms with Crippen molar-refractivity contribution in [2.45, 2.75) is 46.3 Å². The Balaban J connectivity index is 2.11. The molecule has 100 valence electrons. The number of pyridine rings is 1. The van der Waals surface area contributed by atoms with Gasteiger partial charge in [-0.05, 0) is 24.5 Å². The Labute approximate surface area is 111 Å². The summed E-state index contributed by atoms with van der Waals surface area (Å²) in [5, 5.41) is 3.59. The van der Waals surface area contributed by atoms with Crippen molar-refractivity contribution in [1.29, 1.82) is 0 Å². The number of piperazine rings is 1. The third-order valence-corrected chi connectivity index (χ3v) is 3.70. The van der Waals surface area contributed by atoms with Crippen LogP contribution in [-0.2, 0) is 6.54 Å². The molecule has 0 bridgehead atoms. The van der Waals surface area contributed by atoms with Crippen molar-refractivity contribution in [2.75, 3.05) is 13.1 Å². The lowest BCUT2D eigenvalue weighted by atomic mass is 9.84. The molecule has 3 heteroatoms. The summed E-state index contributed by atoms with van der Waals surface area (Å²) in [5.74, 6) is 0. The Morgan fingerprint density at radius 3 is 2.78 bits per heavy atom. The molecule has 2 unspecified atom stereocenters. The third kappa shape index (κ3) is 3.30. The summed E-state index contributed by atoms with van der Waals surface area (Å²) in [6.07, 6.45) is 1.88. The van der Waals surface area contributed by atoms with E-state index < -0.39 is 0 Å². The van der Waals surface area contributed by atoms with Crippen LogP contribution in [0.25, 0.3) is 0 Å². The third-order valence-electron chi connectivity index (χ3n) is 3.70. The topological polar surface area (TPSA) is 28.2 Å². The molecule has 0 radical (unpaired) electrons. The Kier molecular flexibility index (Phi) is 4.03. The summed E-state index contributed by atoms with van der Waals surface area (Å²) in [5.41, 5.74) is 1.46. The fourth-order valence-electron chi connectivity index (χ4n) is 2.71. The molecular weight excluding hydrogens is 222 g/mol. The highest BCUT2D eigenvalue weighted by Gasteiger charge is 2.34. The molecule has 1 aromatic heterocycles. The van der Waals surface area contributed by atoms with E-state index in [0.717, 1.165) is 19.6 Å². The van der Waals surface area contributed by atoms with Crippen LogP contribution in [0.1, 0.15) is 33.4 Å². The quantitative estimate of drug-likeness (QED) is 0.869. The lowest BCUT2D eigenvalue weighted by Crippen LogP contribution is -2.59. The van der Waals surface area contributed by atoms with E-state index in [1.54, 1.807) is 0 Å². The Morgan fingerprint density at radius 2 is 2.17 bits per heavy atom. The molecule has 1 aliphatic rings. The van der Waals surface area contributed by atoms with Gasteiger partial charge in [0.2, 0.25) is 0 Å². The molecule has 1 aliphatic heterocycles. The van der Waals surface area contributed by atoms with Crippen molar-refractivity contribution in [3.05, 3.63) is 30.1 Å². The number of aromatic nitrogens is 1. The summed E-state index contributed by atoms with van der Waals surface area (Å²) in [6, 6.07) is 7.29. The molecule has 0 aromatic carbocycles. The molecule has 18 heavy (non-hydrogen) atoms. The van der Waals surface area contributed by atoms with Crippen LogP contribution in [0.15, 0.2) is 24.4 Å². The maximum absolute atomic E-state index is 4.45. The van der Waals surface area contributed by atoms with E-state index in [0.29, 0.717) is 17.5 Å². The molecule has 0 aliphatic carbocycles. The number of hydrogen-bond acceptors (Lipinski definition) is 3. The molecule has 1 fully saturated rings. The molecule has 0 saturated carbocycles. The van der Waals surface area contributed by atoms with Crippen LogP contribution >= 0.6 is 0 Å². The monoisotopic (exact) mass is 247 g/mol. The van der Waals surface area contributed by atoms with Gasteiger partial charge in [0, 0.05) is 37.9 Å². The van der Waals surface area contributed by atoms with Crippen molar-refractivity contribution in [2.24, 2.45) is 5.41 Å². The van der Waals surface area contributed by atoms with Crippen LogP contribution in [0.5, 0.6) is 0 Å². The second kappa shape index (κ2) is 5.37. The van der Waals surface area contributed by atoms with Crippen LogP contribution in [0, 0.1) is 5.41 Å². The number of nitrogens with zero attached hydrogens (tertiary/aromatic N) is 2. The zero-order valence-electron chi connectivity index (χ0n) is 12.0. The highest BCUT2D eigenvalue weighted by molar-refractivity contribution is 5.05. The minimum atomic E-state index is 0.294. The molecule has 1 saturated heterocycles. The van der Waals surface area contributed by atoms with Crippen LogP contribution in [0.2, 0.25) is 0 Å². The first-order chi connectivity index (χ1) is 8.47. The van der Waals surface area contributed by atoms with Crippen molar-refractivity contribution in [3.63, 3.8) is 0 Å². The normalized spacial score (nSPS) is 26.2. The number of nitrogens with one attached hydrogen (secondary N) is 1. The first-order valence-electron chi connectivity index (χ1n) is 6.84. The number of hydrogen-bond donors (Lipinski definition) is 1. The fourth-order valence-corrected chi connectivity index (χ4v) is 2.71. The molecule has 2 rings (SSSR count). The van der Waals surface area contributed by atoms with Crippen LogP contribution in [-0.4, -0.2) is 35.1 Å². The van der Waals surface area contributed by atoms with E-state index in [1.807, 2.05) is 12.3 Å². The largest absolute Gasteiger partial charge is 0.311 e. The van der Waals surface area contributed by atoms with Crippen molar-refractivity contribution < 1.29 is 0 Å². The Morgan fingerprint density at radius 1 is 1.39 bits per heavy atom. The highest BCUT2D eigenvalue weighted by atomic mass is 15.2. The minimum Gasteiger partial charge on any atom is -0.311 e. The summed E-state index contributed by atoms with van der Waals surface area (Å²) in [7, 11) is 0. The SMILES string of the molecule is CC1CN(Cc2ccccn2)C(C(C)(C)C)CN1. The lowest BCUT2D eigenvalue weighted by molar-refractivity contribution is 0.0516. The summed E-state index contributed by atoms with van der Waals surface area (Å²) >= 11 is 0. The van der Waals surface area contributed by atoms with Gasteiger partial charge in [-0.1, -0.05) is 26.8 Å². The van der Waals surface area contributed by atoms with Gasteiger partial charge < -0.3 is 5.32 Å². The molecule has 0 spiro atoms. The average molecular weight is 247 g/mol. The Bertz CT molecular complexity index is 369. The van der Waals surface area contributed by atoms with Gasteiger partial charge >= 0.3 is 0 Å². The van der Waals surface area contributed by atoms with Gasteiger partial charge in [0.05, 0.1) is 5.69 Å². The van der Waals surface area contributed by atoms with E-state index in [1.165, 1.54) is 5.69 Å². The average Bonchev–Trinajstić information content (AvgIpc) is 2.28. The maximum atomic E-state index is 4.45. The predicted molar refractivity (Wildman–Crippen MR) is 75.4 cm³/mol. The molecule has 2 heterocycles. The van der Waals surface area contributed by atoms with Crippen molar-refractivity contribution >= 4 is 0 Å². The maximum Gasteiger partial charge on any atom is 0.0544 e. The van der Waals surface area contributed by atoms with Gasteiger partial charge in [0.15, 0.2) is 0 Å². The molecule has 3 nitrogen and oxygen atoms in total. The fraction of sp³-hybridized carbons (Fsp3) is 0.667. The Hall–Kier alpha value is -0.930. The summed E-state index contributed by atoms with van der Waals surface area (Å²) < 4.78 is 0. The van der Waals surface area contributed by atoms with E-state index in [-0.39, 0.29) is 0 Å². The minimum absolute atomic E-state index is 0.294. The lowest BCUT2D eigenvalue weighted by Gasteiger charge is -2.45. The van der Waals surface area contributed by atoms with E-state index in [2.05, 4.69) is 55.0 Å². The van der Waals surface area contributed by atoms with Gasteiger partial charge in [0.25, 0.3) is 0 Å². The second-order valence-corrected chi connectivity index (χ2v) is 6.44. The zero-order valence-corrected chi connectivity index (χ0v) is 12.0. The molecule has 0 amide bonds. The molecule has 1 N–H and O–H groups in total. The molecule has 2 atom stereocenters. The van der Waals surface area contributed by atoms with Gasteiger partial charge in [0.1, 0.15) is 0 Å². The van der Waals surface area contributed by atoms with Crippen molar-refractivity contribution in [1.82, 2.24) is 15.2 Å². The number of rotatable bonds is 2. The van der Waals surface area contributed by atoms with Gasteiger partial charge in [-0.2, -0.15) is 0 Å². The second-order valence-electron chi connectivity index (χ2n) is 6.44. The smallest absolute Gasteiger partial charge is 0.0544 e. The molecular formula is C15H25N3. The van der Waals surface area contributed by atoms with Crippen LogP contribution in [0.4, 0.5) is 0 Å². The first kappa shape index (κ1) is 13.5. The van der Waals surface area contributed by atoms with Gasteiger partial charge in [-0.25, -0.2) is 0 Å². The van der Waals surface area contributed by atoms with Crippen molar-refractivity contribution in [3.8, 4) is 0 Å². The van der Waals surface area contributed by atoms with Gasteiger partial charge in [-0.15, -0.1) is 0 Å². The summed E-state index contributed by atoms with van der Waals surface area (Å²) in [4.78, 5) is 7.03. The van der Waals surface area contributed by atoms with E-state index in [9.17, 15) is 0 Å². The zero-order chi connectivity index (χ0) is 13.2. The predicted octanol–water partition coefficient (Wildman–Crippen LogP) is 2.29. The highest BCUT2D eigenvalue weighted by Crippen LogP contribution is 2.27. The van der Waals surface area contributed by atoms with Crippen LogP contribution < -0.4 is 5.32 Å². The van der Waals surface area contributed by atoms with E-state index >= 15 is 0 Å². The van der Waals surface area contributed by atoms with E-state index in [4.69, 9.17) is 0 Å². The van der Waals surface area contributed by atoms with Crippen LogP contribution in [0.3, 0.4) is 0 Å².